The minimum atomic E-state index is -1.22. The summed E-state index contributed by atoms with van der Waals surface area (Å²) < 4.78 is 36.1. The Morgan fingerprint density at radius 3 is 2.62 bits per heavy atom. The Bertz CT molecular complexity index is 1030. The molecule has 1 aliphatic heterocycles. The number of esters is 1. The molecule has 11 heteroatoms. The fourth-order valence-electron chi connectivity index (χ4n) is 2.55. The lowest BCUT2D eigenvalue weighted by Gasteiger charge is -2.28. The van der Waals surface area contributed by atoms with Crippen molar-refractivity contribution in [3.05, 3.63) is 63.7 Å². The van der Waals surface area contributed by atoms with Gasteiger partial charge in [-0.05, 0) is 24.3 Å². The summed E-state index contributed by atoms with van der Waals surface area (Å²) in [6, 6.07) is 6.03. The largest absolute Gasteiger partial charge is 0.482 e. The first kappa shape index (κ1) is 19.9. The first-order valence-electron chi connectivity index (χ1n) is 8.11. The number of carbonyl (C=O) groups excluding carboxylic acids is 3. The third kappa shape index (κ3) is 4.34. The van der Waals surface area contributed by atoms with E-state index in [4.69, 9.17) is 9.47 Å². The Labute approximate surface area is 161 Å². The highest BCUT2D eigenvalue weighted by molar-refractivity contribution is 6.02. The number of nitro benzene ring substituents is 1. The molecule has 0 spiro atoms. The molecule has 0 atom stereocenters. The van der Waals surface area contributed by atoms with Crippen LogP contribution in [0.4, 0.5) is 20.2 Å². The molecule has 2 aromatic carbocycles. The molecule has 0 aromatic heterocycles. The van der Waals surface area contributed by atoms with Gasteiger partial charge in [-0.1, -0.05) is 0 Å². The van der Waals surface area contributed by atoms with E-state index in [1.165, 1.54) is 12.1 Å². The summed E-state index contributed by atoms with van der Waals surface area (Å²) in [6.07, 6.45) is 0. The zero-order chi connectivity index (χ0) is 21.1. The number of Topliss-reactive ketones (excluding diaryl/α,β-unsaturated/α-hetero) is 1. The highest BCUT2D eigenvalue weighted by atomic mass is 19.2. The van der Waals surface area contributed by atoms with Gasteiger partial charge in [0, 0.05) is 17.7 Å². The van der Waals surface area contributed by atoms with Crippen LogP contribution < -0.4 is 9.64 Å². The van der Waals surface area contributed by atoms with Crippen LogP contribution in [0.1, 0.15) is 10.4 Å². The van der Waals surface area contributed by atoms with Crippen LogP contribution in [0, 0.1) is 21.7 Å². The van der Waals surface area contributed by atoms with Gasteiger partial charge in [0.15, 0.2) is 30.6 Å². The van der Waals surface area contributed by atoms with E-state index in [9.17, 15) is 33.3 Å². The van der Waals surface area contributed by atoms with E-state index in [2.05, 4.69) is 0 Å². The lowest BCUT2D eigenvalue weighted by Crippen LogP contribution is -2.42. The molecule has 0 bridgehead atoms. The second kappa shape index (κ2) is 8.00. The Hall–Kier alpha value is -3.89. The molecular weight excluding hydrogens is 394 g/mol. The predicted molar refractivity (Wildman–Crippen MR) is 92.6 cm³/mol. The van der Waals surface area contributed by atoms with Gasteiger partial charge in [0.25, 0.3) is 11.6 Å². The number of amides is 1. The summed E-state index contributed by atoms with van der Waals surface area (Å²) in [5.41, 5.74) is -0.492. The van der Waals surface area contributed by atoms with E-state index in [0.29, 0.717) is 6.07 Å². The Balaban J connectivity index is 1.68. The van der Waals surface area contributed by atoms with Gasteiger partial charge in [-0.3, -0.25) is 29.4 Å². The van der Waals surface area contributed by atoms with Crippen LogP contribution in [-0.4, -0.2) is 42.3 Å². The van der Waals surface area contributed by atoms with Gasteiger partial charge < -0.3 is 9.47 Å². The third-order valence-corrected chi connectivity index (χ3v) is 3.99. The number of hydrogen-bond donors (Lipinski definition) is 0. The van der Waals surface area contributed by atoms with E-state index in [0.717, 1.165) is 23.1 Å². The van der Waals surface area contributed by atoms with Crippen LogP contribution in [-0.2, 0) is 14.3 Å². The summed E-state index contributed by atoms with van der Waals surface area (Å²) >= 11 is 0. The fraction of sp³-hybridized carbons (Fsp3) is 0.167. The molecular formula is C18H12F2N2O7. The number of benzene rings is 2. The average molecular weight is 406 g/mol. The van der Waals surface area contributed by atoms with E-state index in [1.807, 2.05) is 0 Å². The molecule has 0 radical (unpaired) electrons. The predicted octanol–water partition coefficient (Wildman–Crippen LogP) is 2.02. The minimum absolute atomic E-state index is 0.0133. The standard InChI is InChI=1S/C18H12F2N2O7/c19-12-3-1-10(5-13(12)20)15(23)8-29-18(25)7-21-14-6-11(22(26)27)2-4-16(14)28-9-17(21)24/h1-6H,7-9H2. The third-order valence-electron chi connectivity index (χ3n) is 3.99. The minimum Gasteiger partial charge on any atom is -0.482 e. The van der Waals surface area contributed by atoms with Gasteiger partial charge in [0.1, 0.15) is 12.3 Å². The van der Waals surface area contributed by atoms with E-state index >= 15 is 0 Å². The molecule has 0 unspecified atom stereocenters. The molecule has 1 amide bonds. The Kier molecular flexibility index (Phi) is 5.48. The number of carbonyl (C=O) groups is 3. The number of ether oxygens (including phenoxy) is 2. The van der Waals surface area contributed by atoms with E-state index in [-0.39, 0.29) is 29.3 Å². The van der Waals surface area contributed by atoms with E-state index in [1.54, 1.807) is 0 Å². The smallest absolute Gasteiger partial charge is 0.326 e. The maximum atomic E-state index is 13.2. The number of ketones is 1. The molecule has 0 saturated carbocycles. The normalized spacial score (nSPS) is 12.8. The lowest BCUT2D eigenvalue weighted by molar-refractivity contribution is -0.384. The number of anilines is 1. The van der Waals surface area contributed by atoms with Crippen molar-refractivity contribution in [2.75, 3.05) is 24.7 Å². The molecule has 1 aliphatic rings. The second-order valence-corrected chi connectivity index (χ2v) is 5.89. The SMILES string of the molecule is O=C(CN1C(=O)COc2ccc([N+](=O)[O-])cc21)OCC(=O)c1ccc(F)c(F)c1. The molecule has 9 nitrogen and oxygen atoms in total. The molecule has 0 saturated heterocycles. The van der Waals surface area contributed by atoms with Crippen molar-refractivity contribution in [1.29, 1.82) is 0 Å². The van der Waals surface area contributed by atoms with Crippen LogP contribution >= 0.6 is 0 Å². The van der Waals surface area contributed by atoms with Crippen molar-refractivity contribution in [1.82, 2.24) is 0 Å². The number of fused-ring (bicyclic) bond motifs is 1. The lowest BCUT2D eigenvalue weighted by atomic mass is 10.1. The monoisotopic (exact) mass is 406 g/mol. The topological polar surface area (TPSA) is 116 Å². The number of nitrogens with zero attached hydrogens (tertiary/aromatic N) is 2. The number of non-ortho nitro benzene ring substituents is 1. The molecule has 0 N–H and O–H groups in total. The zero-order valence-corrected chi connectivity index (χ0v) is 14.6. The zero-order valence-electron chi connectivity index (χ0n) is 14.6. The first-order valence-corrected chi connectivity index (χ1v) is 8.11. The second-order valence-electron chi connectivity index (χ2n) is 5.89. The van der Waals surface area contributed by atoms with Gasteiger partial charge in [0.2, 0.25) is 0 Å². The molecule has 29 heavy (non-hydrogen) atoms. The van der Waals surface area contributed by atoms with Gasteiger partial charge in [-0.25, -0.2) is 8.78 Å². The van der Waals surface area contributed by atoms with Crippen molar-refractivity contribution in [2.45, 2.75) is 0 Å². The molecule has 150 valence electrons. The van der Waals surface area contributed by atoms with Crippen LogP contribution in [0.15, 0.2) is 36.4 Å². The molecule has 0 fully saturated rings. The number of halogens is 2. The van der Waals surface area contributed by atoms with Crippen molar-refractivity contribution >= 4 is 29.0 Å². The maximum Gasteiger partial charge on any atom is 0.326 e. The van der Waals surface area contributed by atoms with Crippen molar-refractivity contribution in [3.63, 3.8) is 0 Å². The quantitative estimate of drug-likeness (QED) is 0.312. The maximum absolute atomic E-state index is 13.2. The summed E-state index contributed by atoms with van der Waals surface area (Å²) in [6.45, 7) is -1.77. The summed E-state index contributed by atoms with van der Waals surface area (Å²) in [5.74, 6) is -4.57. The average Bonchev–Trinajstić information content (AvgIpc) is 2.70. The summed E-state index contributed by atoms with van der Waals surface area (Å²) in [5, 5.41) is 10.9. The van der Waals surface area contributed by atoms with Crippen LogP contribution in [0.25, 0.3) is 0 Å². The van der Waals surface area contributed by atoms with Gasteiger partial charge >= 0.3 is 5.97 Å². The van der Waals surface area contributed by atoms with Crippen molar-refractivity contribution in [3.8, 4) is 5.75 Å². The van der Waals surface area contributed by atoms with Gasteiger partial charge in [-0.2, -0.15) is 0 Å². The Morgan fingerprint density at radius 2 is 1.93 bits per heavy atom. The van der Waals surface area contributed by atoms with Gasteiger partial charge in [0.05, 0.1) is 10.6 Å². The van der Waals surface area contributed by atoms with Gasteiger partial charge in [-0.15, -0.1) is 0 Å². The summed E-state index contributed by atoms with van der Waals surface area (Å²) in [7, 11) is 0. The highest BCUT2D eigenvalue weighted by Gasteiger charge is 2.30. The Morgan fingerprint density at radius 1 is 1.17 bits per heavy atom. The molecule has 1 heterocycles. The van der Waals surface area contributed by atoms with Crippen LogP contribution in [0.3, 0.4) is 0 Å². The highest BCUT2D eigenvalue weighted by Crippen LogP contribution is 2.35. The number of hydrogen-bond acceptors (Lipinski definition) is 7. The van der Waals surface area contributed by atoms with Crippen LogP contribution in [0.5, 0.6) is 5.75 Å². The first-order chi connectivity index (χ1) is 13.8. The van der Waals surface area contributed by atoms with Crippen LogP contribution in [0.2, 0.25) is 0 Å². The van der Waals surface area contributed by atoms with E-state index < -0.39 is 47.4 Å². The number of rotatable bonds is 6. The molecule has 3 rings (SSSR count). The molecule has 0 aliphatic carbocycles. The fourth-order valence-corrected chi connectivity index (χ4v) is 2.55. The van der Waals surface area contributed by atoms with Crippen molar-refractivity contribution < 1.29 is 37.6 Å². The summed E-state index contributed by atoms with van der Waals surface area (Å²) in [4.78, 5) is 47.3. The van der Waals surface area contributed by atoms with Crippen molar-refractivity contribution in [2.24, 2.45) is 0 Å². The number of nitro groups is 1. The molecule has 2 aromatic rings.